The van der Waals surface area contributed by atoms with E-state index in [-0.39, 0.29) is 24.1 Å². The summed E-state index contributed by atoms with van der Waals surface area (Å²) in [4.78, 5) is 27.7. The third-order valence-corrected chi connectivity index (χ3v) is 3.01. The first-order valence-electron chi connectivity index (χ1n) is 6.40. The number of aromatic nitrogens is 4. The zero-order valence-corrected chi connectivity index (χ0v) is 11.5. The number of carbonyl (C=O) groups excluding carboxylic acids is 1. The molecule has 0 spiro atoms. The Balaban J connectivity index is 2.06. The highest BCUT2D eigenvalue weighted by molar-refractivity contribution is 5.76. The third kappa shape index (κ3) is 3.11. The lowest BCUT2D eigenvalue weighted by molar-refractivity contribution is -0.122. The summed E-state index contributed by atoms with van der Waals surface area (Å²) in [7, 11) is 1.78. The minimum absolute atomic E-state index is 0.00593. The molecule has 1 amide bonds. The van der Waals surface area contributed by atoms with Crippen molar-refractivity contribution >= 4 is 5.91 Å². The van der Waals surface area contributed by atoms with Crippen molar-refractivity contribution in [2.75, 3.05) is 0 Å². The second-order valence-corrected chi connectivity index (χ2v) is 4.44. The van der Waals surface area contributed by atoms with Gasteiger partial charge in [0.2, 0.25) is 5.91 Å². The van der Waals surface area contributed by atoms with E-state index in [2.05, 4.69) is 15.4 Å². The molecule has 0 saturated heterocycles. The highest BCUT2D eigenvalue weighted by Crippen LogP contribution is 2.12. The zero-order valence-electron chi connectivity index (χ0n) is 11.5. The van der Waals surface area contributed by atoms with E-state index in [0.717, 1.165) is 0 Å². The number of hydrogen-bond donors (Lipinski definition) is 1. The van der Waals surface area contributed by atoms with Crippen LogP contribution in [-0.4, -0.2) is 25.2 Å². The van der Waals surface area contributed by atoms with Gasteiger partial charge in [-0.3, -0.25) is 14.3 Å². The molecule has 0 aromatic carbocycles. The lowest BCUT2D eigenvalue weighted by Gasteiger charge is -2.16. The highest BCUT2D eigenvalue weighted by Gasteiger charge is 2.17. The third-order valence-electron chi connectivity index (χ3n) is 3.01. The molecule has 0 aliphatic carbocycles. The van der Waals surface area contributed by atoms with E-state index < -0.39 is 0 Å². The minimum Gasteiger partial charge on any atom is -0.345 e. The Hall–Kier alpha value is -2.44. The van der Waals surface area contributed by atoms with Crippen LogP contribution in [0.3, 0.4) is 0 Å². The average molecular weight is 275 g/mol. The van der Waals surface area contributed by atoms with Crippen molar-refractivity contribution in [2.45, 2.75) is 25.9 Å². The molecule has 2 aromatic rings. The normalized spacial score (nSPS) is 12.1. The molecule has 0 fully saturated rings. The van der Waals surface area contributed by atoms with Gasteiger partial charge in [-0.15, -0.1) is 0 Å². The van der Waals surface area contributed by atoms with Crippen molar-refractivity contribution in [1.82, 2.24) is 24.6 Å². The van der Waals surface area contributed by atoms with Crippen LogP contribution in [0.1, 0.15) is 25.2 Å². The van der Waals surface area contributed by atoms with E-state index in [0.29, 0.717) is 12.2 Å². The van der Waals surface area contributed by atoms with Crippen LogP contribution in [0.2, 0.25) is 0 Å². The van der Waals surface area contributed by atoms with Gasteiger partial charge in [0.05, 0.1) is 6.04 Å². The Kier molecular flexibility index (Phi) is 4.29. The summed E-state index contributed by atoms with van der Waals surface area (Å²) in [6, 6.07) is 4.57. The molecule has 0 bridgehead atoms. The van der Waals surface area contributed by atoms with Crippen LogP contribution >= 0.6 is 0 Å². The number of rotatable bonds is 5. The Bertz CT molecular complexity index is 646. The first kappa shape index (κ1) is 14.0. The monoisotopic (exact) mass is 275 g/mol. The first-order chi connectivity index (χ1) is 9.61. The van der Waals surface area contributed by atoms with Crippen molar-refractivity contribution in [1.29, 1.82) is 0 Å². The summed E-state index contributed by atoms with van der Waals surface area (Å²) in [6.07, 6.45) is 3.74. The molecule has 1 atom stereocenters. The van der Waals surface area contributed by atoms with Gasteiger partial charge in [0.25, 0.3) is 5.56 Å². The van der Waals surface area contributed by atoms with Crippen molar-refractivity contribution in [2.24, 2.45) is 7.05 Å². The van der Waals surface area contributed by atoms with Crippen molar-refractivity contribution in [3.05, 3.63) is 46.9 Å². The Morgan fingerprint density at radius 2 is 2.25 bits per heavy atom. The maximum atomic E-state index is 12.0. The van der Waals surface area contributed by atoms with Gasteiger partial charge in [-0.2, -0.15) is 5.10 Å². The van der Waals surface area contributed by atoms with Crippen LogP contribution < -0.4 is 10.9 Å². The second kappa shape index (κ2) is 6.14. The average Bonchev–Trinajstić information content (AvgIpc) is 2.85. The van der Waals surface area contributed by atoms with E-state index >= 15 is 0 Å². The van der Waals surface area contributed by atoms with Crippen LogP contribution in [0.4, 0.5) is 0 Å². The maximum Gasteiger partial charge on any atom is 0.250 e. The SMILES string of the molecule is CC[C@@H](NC(=O)Cn1ccccc1=O)c1ncnn1C. The maximum absolute atomic E-state index is 12.0. The van der Waals surface area contributed by atoms with Crippen molar-refractivity contribution in [3.8, 4) is 0 Å². The van der Waals surface area contributed by atoms with Gasteiger partial charge in [-0.1, -0.05) is 13.0 Å². The molecule has 0 radical (unpaired) electrons. The topological polar surface area (TPSA) is 81.8 Å². The number of nitrogens with one attached hydrogen (secondary N) is 1. The number of amides is 1. The molecular weight excluding hydrogens is 258 g/mol. The first-order valence-corrected chi connectivity index (χ1v) is 6.40. The molecule has 7 heteroatoms. The summed E-state index contributed by atoms with van der Waals surface area (Å²) in [5.74, 6) is 0.467. The molecule has 2 rings (SSSR count). The second-order valence-electron chi connectivity index (χ2n) is 4.44. The van der Waals surface area contributed by atoms with E-state index in [1.807, 2.05) is 6.92 Å². The molecule has 0 aliphatic rings. The lowest BCUT2D eigenvalue weighted by Crippen LogP contribution is -2.35. The van der Waals surface area contributed by atoms with Gasteiger partial charge in [0.15, 0.2) is 0 Å². The van der Waals surface area contributed by atoms with Gasteiger partial charge in [-0.05, 0) is 12.5 Å². The number of nitrogens with zero attached hydrogens (tertiary/aromatic N) is 4. The standard InChI is InChI=1S/C13H17N5O2/c1-3-10(13-14-9-15-17(13)2)16-11(19)8-18-7-5-4-6-12(18)20/h4-7,9-10H,3,8H2,1-2H3,(H,16,19)/t10-/m1/s1. The molecule has 2 heterocycles. The van der Waals surface area contributed by atoms with E-state index in [1.165, 1.54) is 17.0 Å². The number of aryl methyl sites for hydroxylation is 1. The fourth-order valence-electron chi connectivity index (χ4n) is 1.96. The number of hydrogen-bond acceptors (Lipinski definition) is 4. The summed E-state index contributed by atoms with van der Waals surface area (Å²) < 4.78 is 2.99. The number of pyridine rings is 1. The highest BCUT2D eigenvalue weighted by atomic mass is 16.2. The van der Waals surface area contributed by atoms with Crippen LogP contribution in [0.5, 0.6) is 0 Å². The van der Waals surface area contributed by atoms with Gasteiger partial charge in [0.1, 0.15) is 18.7 Å². The summed E-state index contributed by atoms with van der Waals surface area (Å²) >= 11 is 0. The minimum atomic E-state index is -0.229. The molecule has 7 nitrogen and oxygen atoms in total. The van der Waals surface area contributed by atoms with Crippen LogP contribution in [-0.2, 0) is 18.4 Å². The van der Waals surface area contributed by atoms with Crippen LogP contribution in [0.25, 0.3) is 0 Å². The summed E-state index contributed by atoms with van der Waals surface area (Å²) in [6.45, 7) is 1.95. The van der Waals surface area contributed by atoms with Gasteiger partial charge in [-0.25, -0.2) is 4.98 Å². The van der Waals surface area contributed by atoms with Crippen LogP contribution in [0, 0.1) is 0 Å². The lowest BCUT2D eigenvalue weighted by atomic mass is 10.2. The quantitative estimate of drug-likeness (QED) is 0.847. The summed E-state index contributed by atoms with van der Waals surface area (Å²) in [5, 5.41) is 6.85. The van der Waals surface area contributed by atoms with E-state index in [9.17, 15) is 9.59 Å². The predicted molar refractivity (Wildman–Crippen MR) is 72.9 cm³/mol. The summed E-state index contributed by atoms with van der Waals surface area (Å²) in [5.41, 5.74) is -0.200. The molecule has 106 valence electrons. The Morgan fingerprint density at radius 3 is 2.85 bits per heavy atom. The molecule has 0 aliphatic heterocycles. The molecule has 2 aromatic heterocycles. The van der Waals surface area contributed by atoms with E-state index in [4.69, 9.17) is 0 Å². The Morgan fingerprint density at radius 1 is 1.45 bits per heavy atom. The van der Waals surface area contributed by atoms with Gasteiger partial charge >= 0.3 is 0 Å². The van der Waals surface area contributed by atoms with Crippen molar-refractivity contribution < 1.29 is 4.79 Å². The molecule has 0 unspecified atom stereocenters. The van der Waals surface area contributed by atoms with Gasteiger partial charge < -0.3 is 9.88 Å². The van der Waals surface area contributed by atoms with Crippen LogP contribution in [0.15, 0.2) is 35.5 Å². The van der Waals surface area contributed by atoms with Gasteiger partial charge in [0, 0.05) is 19.3 Å². The number of carbonyl (C=O) groups is 1. The fourth-order valence-corrected chi connectivity index (χ4v) is 1.96. The molecular formula is C13H17N5O2. The van der Waals surface area contributed by atoms with E-state index in [1.54, 1.807) is 30.1 Å². The molecule has 1 N–H and O–H groups in total. The smallest absolute Gasteiger partial charge is 0.250 e. The predicted octanol–water partition coefficient (Wildman–Crippen LogP) is 0.244. The molecule has 20 heavy (non-hydrogen) atoms. The molecule has 0 saturated carbocycles. The zero-order chi connectivity index (χ0) is 14.5. The Labute approximate surface area is 116 Å². The van der Waals surface area contributed by atoms with Crippen molar-refractivity contribution in [3.63, 3.8) is 0 Å². The largest absolute Gasteiger partial charge is 0.345 e. The fraction of sp³-hybridized carbons (Fsp3) is 0.385.